The molecule has 5 nitrogen and oxygen atoms in total. The number of amides is 2. The van der Waals surface area contributed by atoms with Gasteiger partial charge in [0.05, 0.1) is 14.8 Å². The van der Waals surface area contributed by atoms with Gasteiger partial charge in [0.15, 0.2) is 0 Å². The zero-order chi connectivity index (χ0) is 19.7. The van der Waals surface area contributed by atoms with Crippen LogP contribution in [0.2, 0.25) is 4.34 Å². The van der Waals surface area contributed by atoms with E-state index in [0.29, 0.717) is 36.2 Å². The number of rotatable bonds is 3. The lowest BCUT2D eigenvalue weighted by Crippen LogP contribution is -2.50. The first-order chi connectivity index (χ1) is 13.5. The van der Waals surface area contributed by atoms with Crippen LogP contribution in [0.25, 0.3) is 9.88 Å². The summed E-state index contributed by atoms with van der Waals surface area (Å²) in [6.45, 7) is 1.49. The number of thiazole rings is 1. The number of hydrogen-bond donors (Lipinski definition) is 0. The van der Waals surface area contributed by atoms with Crippen LogP contribution in [0.1, 0.15) is 20.8 Å². The van der Waals surface area contributed by atoms with Gasteiger partial charge in [-0.1, -0.05) is 23.7 Å². The topological polar surface area (TPSA) is 53.5 Å². The molecule has 0 radical (unpaired) electrons. The van der Waals surface area contributed by atoms with Crippen molar-refractivity contribution in [2.75, 3.05) is 26.2 Å². The standard InChI is InChI=1S/C19H15ClFN3O2S2/c20-16-6-5-15(28-16)17-22-14(11-27-17)19(26)24-9-7-23(8-10-24)18(25)12-3-1-2-4-13(12)21/h1-6,11H,7-10H2. The highest BCUT2D eigenvalue weighted by atomic mass is 35.5. The Morgan fingerprint density at radius 2 is 1.68 bits per heavy atom. The monoisotopic (exact) mass is 435 g/mol. The maximum atomic E-state index is 13.8. The Hall–Kier alpha value is -2.29. The summed E-state index contributed by atoms with van der Waals surface area (Å²) in [6, 6.07) is 9.62. The number of thiophene rings is 1. The summed E-state index contributed by atoms with van der Waals surface area (Å²) in [5.74, 6) is -1.05. The first kappa shape index (κ1) is 19.0. The van der Waals surface area contributed by atoms with E-state index in [1.165, 1.54) is 34.8 Å². The Labute approximate surface area is 174 Å². The Kier molecular flexibility index (Phi) is 5.43. The zero-order valence-electron chi connectivity index (χ0n) is 14.6. The largest absolute Gasteiger partial charge is 0.335 e. The van der Waals surface area contributed by atoms with Gasteiger partial charge in [0.2, 0.25) is 0 Å². The van der Waals surface area contributed by atoms with E-state index in [4.69, 9.17) is 11.6 Å². The van der Waals surface area contributed by atoms with E-state index in [-0.39, 0.29) is 17.4 Å². The van der Waals surface area contributed by atoms with E-state index < -0.39 is 5.82 Å². The van der Waals surface area contributed by atoms with Gasteiger partial charge >= 0.3 is 0 Å². The van der Waals surface area contributed by atoms with Gasteiger partial charge in [-0.05, 0) is 24.3 Å². The summed E-state index contributed by atoms with van der Waals surface area (Å²) < 4.78 is 14.5. The normalized spacial score (nSPS) is 14.4. The molecule has 0 spiro atoms. The van der Waals surface area contributed by atoms with Crippen LogP contribution in [0.3, 0.4) is 0 Å². The van der Waals surface area contributed by atoms with Crippen LogP contribution >= 0.6 is 34.3 Å². The van der Waals surface area contributed by atoms with E-state index in [2.05, 4.69) is 4.98 Å². The first-order valence-corrected chi connectivity index (χ1v) is 10.6. The minimum absolute atomic E-state index is 0.0565. The highest BCUT2D eigenvalue weighted by Crippen LogP contribution is 2.33. The third-order valence-electron chi connectivity index (χ3n) is 4.47. The molecular formula is C19H15ClFN3O2S2. The number of halogens is 2. The minimum atomic E-state index is -0.533. The smallest absolute Gasteiger partial charge is 0.273 e. The van der Waals surface area contributed by atoms with Crippen molar-refractivity contribution in [3.63, 3.8) is 0 Å². The quantitative estimate of drug-likeness (QED) is 0.617. The van der Waals surface area contributed by atoms with Crippen molar-refractivity contribution in [2.24, 2.45) is 0 Å². The second kappa shape index (κ2) is 7.98. The second-order valence-corrected chi connectivity index (χ2v) is 8.78. The second-order valence-electron chi connectivity index (χ2n) is 6.21. The van der Waals surface area contributed by atoms with E-state index in [1.807, 2.05) is 6.07 Å². The van der Waals surface area contributed by atoms with Gasteiger partial charge in [-0.25, -0.2) is 9.37 Å². The molecule has 4 rings (SSSR count). The van der Waals surface area contributed by atoms with Crippen LogP contribution in [0, 0.1) is 5.82 Å². The van der Waals surface area contributed by atoms with Gasteiger partial charge in [0.1, 0.15) is 16.5 Å². The van der Waals surface area contributed by atoms with Gasteiger partial charge in [-0.15, -0.1) is 22.7 Å². The van der Waals surface area contributed by atoms with E-state index in [9.17, 15) is 14.0 Å². The number of aromatic nitrogens is 1. The molecule has 0 saturated carbocycles. The van der Waals surface area contributed by atoms with Crippen molar-refractivity contribution in [3.8, 4) is 9.88 Å². The highest BCUT2D eigenvalue weighted by Gasteiger charge is 2.27. The lowest BCUT2D eigenvalue weighted by atomic mass is 10.1. The van der Waals surface area contributed by atoms with Crippen LogP contribution < -0.4 is 0 Å². The molecule has 28 heavy (non-hydrogen) atoms. The van der Waals surface area contributed by atoms with Gasteiger partial charge in [-0.2, -0.15) is 0 Å². The lowest BCUT2D eigenvalue weighted by Gasteiger charge is -2.34. The van der Waals surface area contributed by atoms with Crippen molar-refractivity contribution in [3.05, 3.63) is 63.2 Å². The van der Waals surface area contributed by atoms with Crippen molar-refractivity contribution >= 4 is 46.1 Å². The summed E-state index contributed by atoms with van der Waals surface area (Å²) in [5, 5.41) is 2.50. The van der Waals surface area contributed by atoms with Gasteiger partial charge in [0, 0.05) is 31.6 Å². The van der Waals surface area contributed by atoms with Crippen molar-refractivity contribution in [1.82, 2.24) is 14.8 Å². The highest BCUT2D eigenvalue weighted by molar-refractivity contribution is 7.23. The summed E-state index contributed by atoms with van der Waals surface area (Å²) in [6.07, 6.45) is 0. The molecule has 0 aliphatic carbocycles. The molecule has 1 saturated heterocycles. The van der Waals surface area contributed by atoms with Crippen LogP contribution in [0.5, 0.6) is 0 Å². The van der Waals surface area contributed by atoms with Crippen LogP contribution in [-0.4, -0.2) is 52.8 Å². The molecule has 1 fully saturated rings. The maximum absolute atomic E-state index is 13.8. The fraction of sp³-hybridized carbons (Fsp3) is 0.211. The number of piperazine rings is 1. The van der Waals surface area contributed by atoms with Crippen molar-refractivity contribution in [2.45, 2.75) is 0 Å². The fourth-order valence-corrected chi connectivity index (χ4v) is 4.90. The molecule has 2 aromatic heterocycles. The molecular weight excluding hydrogens is 421 g/mol. The summed E-state index contributed by atoms with van der Waals surface area (Å²) in [5.41, 5.74) is 0.444. The van der Waals surface area contributed by atoms with E-state index >= 15 is 0 Å². The molecule has 0 bridgehead atoms. The number of benzene rings is 1. The van der Waals surface area contributed by atoms with Crippen LogP contribution in [0.15, 0.2) is 41.8 Å². The maximum Gasteiger partial charge on any atom is 0.273 e. The SMILES string of the molecule is O=C(c1csc(-c2ccc(Cl)s2)n1)N1CCN(C(=O)c2ccccc2F)CC1. The molecule has 9 heteroatoms. The Morgan fingerprint density at radius 1 is 1.00 bits per heavy atom. The number of nitrogens with zero attached hydrogens (tertiary/aromatic N) is 3. The van der Waals surface area contributed by atoms with Gasteiger partial charge in [-0.3, -0.25) is 9.59 Å². The molecule has 3 aromatic rings. The third-order valence-corrected chi connectivity index (χ3v) is 6.71. The van der Waals surface area contributed by atoms with Crippen LogP contribution in [0.4, 0.5) is 4.39 Å². The molecule has 1 aromatic carbocycles. The Bertz CT molecular complexity index is 1030. The zero-order valence-corrected chi connectivity index (χ0v) is 17.0. The molecule has 2 amide bonds. The van der Waals surface area contributed by atoms with E-state index in [0.717, 1.165) is 9.88 Å². The summed E-state index contributed by atoms with van der Waals surface area (Å²) in [7, 11) is 0. The molecule has 0 N–H and O–H groups in total. The van der Waals surface area contributed by atoms with Gasteiger partial charge < -0.3 is 9.80 Å². The molecule has 144 valence electrons. The average molecular weight is 436 g/mol. The lowest BCUT2D eigenvalue weighted by molar-refractivity contribution is 0.0530. The molecule has 1 aliphatic heterocycles. The first-order valence-electron chi connectivity index (χ1n) is 8.57. The molecule has 1 aliphatic rings. The fourth-order valence-electron chi connectivity index (χ4n) is 2.99. The predicted octanol–water partition coefficient (Wildman–Crippen LogP) is 4.26. The third kappa shape index (κ3) is 3.80. The Balaban J connectivity index is 1.40. The van der Waals surface area contributed by atoms with Crippen molar-refractivity contribution < 1.29 is 14.0 Å². The average Bonchev–Trinajstić information content (AvgIpc) is 3.36. The number of hydrogen-bond acceptors (Lipinski definition) is 5. The number of carbonyl (C=O) groups excluding carboxylic acids is 2. The summed E-state index contributed by atoms with van der Waals surface area (Å²) >= 11 is 8.78. The number of carbonyl (C=O) groups is 2. The molecule has 3 heterocycles. The van der Waals surface area contributed by atoms with Gasteiger partial charge in [0.25, 0.3) is 11.8 Å². The predicted molar refractivity (Wildman–Crippen MR) is 109 cm³/mol. The van der Waals surface area contributed by atoms with Crippen LogP contribution in [-0.2, 0) is 0 Å². The minimum Gasteiger partial charge on any atom is -0.335 e. The van der Waals surface area contributed by atoms with E-state index in [1.54, 1.807) is 33.4 Å². The molecule has 0 unspecified atom stereocenters. The van der Waals surface area contributed by atoms with Crippen molar-refractivity contribution in [1.29, 1.82) is 0 Å². The molecule has 0 atom stereocenters. The summed E-state index contributed by atoms with van der Waals surface area (Å²) in [4.78, 5) is 33.8. The Morgan fingerprint density at radius 3 is 2.32 bits per heavy atom.